The molecule has 1 aliphatic rings. The van der Waals surface area contributed by atoms with Gasteiger partial charge in [0.25, 0.3) is 5.91 Å². The van der Waals surface area contributed by atoms with Crippen molar-refractivity contribution >= 4 is 17.8 Å². The Morgan fingerprint density at radius 2 is 2.04 bits per heavy atom. The summed E-state index contributed by atoms with van der Waals surface area (Å²) in [5, 5.41) is 11.5. The van der Waals surface area contributed by atoms with Crippen LogP contribution in [-0.2, 0) is 9.59 Å². The molecule has 1 aromatic rings. The Labute approximate surface area is 152 Å². The van der Waals surface area contributed by atoms with Crippen LogP contribution in [0, 0.1) is 5.92 Å². The lowest BCUT2D eigenvalue weighted by Crippen LogP contribution is -2.59. The van der Waals surface area contributed by atoms with Gasteiger partial charge in [0.2, 0.25) is 5.91 Å². The number of nitrogens with one attached hydrogen (secondary N) is 1. The molecule has 8 heteroatoms. The highest BCUT2D eigenvalue weighted by Gasteiger charge is 2.35. The van der Waals surface area contributed by atoms with Gasteiger partial charge >= 0.3 is 5.97 Å². The van der Waals surface area contributed by atoms with Crippen LogP contribution in [0.15, 0.2) is 18.2 Å². The van der Waals surface area contributed by atoms with E-state index in [1.165, 1.54) is 12.1 Å². The Morgan fingerprint density at radius 3 is 2.65 bits per heavy atom. The van der Waals surface area contributed by atoms with E-state index in [0.717, 1.165) is 0 Å². The molecule has 1 saturated heterocycles. The van der Waals surface area contributed by atoms with E-state index in [4.69, 9.17) is 14.6 Å². The molecule has 0 saturated carbocycles. The molecule has 0 aliphatic carbocycles. The Bertz CT molecular complexity index is 688. The minimum atomic E-state index is -1.10. The van der Waals surface area contributed by atoms with Gasteiger partial charge in [-0.2, -0.15) is 0 Å². The lowest BCUT2D eigenvalue weighted by atomic mass is 9.98. The molecule has 142 valence electrons. The fourth-order valence-corrected chi connectivity index (χ4v) is 2.91. The third-order valence-electron chi connectivity index (χ3n) is 3.99. The maximum absolute atomic E-state index is 12.9. The summed E-state index contributed by atoms with van der Waals surface area (Å²) in [4.78, 5) is 37.4. The Hall–Kier alpha value is -2.77. The summed E-state index contributed by atoms with van der Waals surface area (Å²) in [7, 11) is 0. The van der Waals surface area contributed by atoms with Crippen LogP contribution < -0.4 is 14.8 Å². The smallest absolute Gasteiger partial charge is 0.341 e. The second-order valence-corrected chi connectivity index (χ2v) is 6.26. The van der Waals surface area contributed by atoms with Crippen LogP contribution in [0.4, 0.5) is 0 Å². The average Bonchev–Trinajstić information content (AvgIpc) is 2.59. The molecular formula is C18H24N2O6. The lowest BCUT2D eigenvalue weighted by Gasteiger charge is -2.37. The van der Waals surface area contributed by atoms with E-state index in [2.05, 4.69) is 5.32 Å². The van der Waals surface area contributed by atoms with Crippen LogP contribution in [0.25, 0.3) is 0 Å². The van der Waals surface area contributed by atoms with E-state index in [-0.39, 0.29) is 23.5 Å². The van der Waals surface area contributed by atoms with Gasteiger partial charge in [-0.05, 0) is 31.0 Å². The molecular weight excluding hydrogens is 340 g/mol. The molecule has 0 spiro atoms. The maximum atomic E-state index is 12.9. The van der Waals surface area contributed by atoms with Crippen molar-refractivity contribution in [2.24, 2.45) is 5.92 Å². The summed E-state index contributed by atoms with van der Waals surface area (Å²) in [5.41, 5.74) is 0.358. The number of hydrogen-bond acceptors (Lipinski definition) is 5. The molecule has 2 amide bonds. The second-order valence-electron chi connectivity index (χ2n) is 6.26. The number of carbonyl (C=O) groups is 3. The van der Waals surface area contributed by atoms with Crippen molar-refractivity contribution in [1.29, 1.82) is 0 Å². The molecule has 0 bridgehead atoms. The van der Waals surface area contributed by atoms with Crippen LogP contribution in [0.5, 0.6) is 11.5 Å². The SMILES string of the molecule is CCOc1cc(C(=O)N2CCNC(=O)C2C(C)C)ccc1OCC(=O)O. The summed E-state index contributed by atoms with van der Waals surface area (Å²) in [6.07, 6.45) is 0. The fraction of sp³-hybridized carbons (Fsp3) is 0.500. The highest BCUT2D eigenvalue weighted by Crippen LogP contribution is 2.30. The van der Waals surface area contributed by atoms with E-state index in [9.17, 15) is 14.4 Å². The van der Waals surface area contributed by atoms with Gasteiger partial charge in [-0.3, -0.25) is 9.59 Å². The average molecular weight is 364 g/mol. The number of amides is 2. The number of carboxylic acids is 1. The first-order valence-corrected chi connectivity index (χ1v) is 8.55. The number of aliphatic carboxylic acids is 1. The first kappa shape index (κ1) is 19.6. The first-order valence-electron chi connectivity index (χ1n) is 8.55. The summed E-state index contributed by atoms with van der Waals surface area (Å²) < 4.78 is 10.7. The van der Waals surface area contributed by atoms with Crippen LogP contribution in [0.3, 0.4) is 0 Å². The zero-order valence-corrected chi connectivity index (χ0v) is 15.2. The van der Waals surface area contributed by atoms with Crippen LogP contribution in [0.1, 0.15) is 31.1 Å². The molecule has 1 aromatic carbocycles. The van der Waals surface area contributed by atoms with Crippen molar-refractivity contribution in [3.8, 4) is 11.5 Å². The molecule has 26 heavy (non-hydrogen) atoms. The number of carboxylic acid groups (broad SMARTS) is 1. The molecule has 1 atom stereocenters. The minimum absolute atomic E-state index is 0.0243. The Balaban J connectivity index is 2.28. The zero-order chi connectivity index (χ0) is 19.3. The van der Waals surface area contributed by atoms with Crippen molar-refractivity contribution in [2.45, 2.75) is 26.8 Å². The largest absolute Gasteiger partial charge is 0.490 e. The van der Waals surface area contributed by atoms with E-state index >= 15 is 0 Å². The molecule has 1 fully saturated rings. The summed E-state index contributed by atoms with van der Waals surface area (Å²) in [6.45, 7) is 6.23. The standard InChI is InChI=1S/C18H24N2O6/c1-4-25-14-9-12(5-6-13(14)26-10-15(21)22)18(24)20-8-7-19-17(23)16(20)11(2)3/h5-6,9,11,16H,4,7-8,10H2,1-3H3,(H,19,23)(H,21,22). The van der Waals surface area contributed by atoms with Crippen LogP contribution >= 0.6 is 0 Å². The van der Waals surface area contributed by atoms with Gasteiger partial charge in [-0.25, -0.2) is 4.79 Å². The number of carbonyl (C=O) groups excluding carboxylic acids is 2. The Morgan fingerprint density at radius 1 is 1.31 bits per heavy atom. The molecule has 0 aromatic heterocycles. The van der Waals surface area contributed by atoms with Gasteiger partial charge in [0.1, 0.15) is 6.04 Å². The van der Waals surface area contributed by atoms with E-state index in [1.54, 1.807) is 17.9 Å². The Kier molecular flexibility index (Phi) is 6.43. The summed E-state index contributed by atoms with van der Waals surface area (Å²) in [6, 6.07) is 4.05. The van der Waals surface area contributed by atoms with Gasteiger partial charge < -0.3 is 24.8 Å². The molecule has 2 rings (SSSR count). The minimum Gasteiger partial charge on any atom is -0.490 e. The number of rotatable bonds is 7. The predicted molar refractivity (Wildman–Crippen MR) is 93.4 cm³/mol. The number of piperazine rings is 1. The highest BCUT2D eigenvalue weighted by atomic mass is 16.5. The summed E-state index contributed by atoms with van der Waals surface area (Å²) >= 11 is 0. The van der Waals surface area contributed by atoms with Crippen LogP contribution in [-0.4, -0.2) is 60.1 Å². The van der Waals surface area contributed by atoms with Gasteiger partial charge in [0.05, 0.1) is 6.61 Å². The molecule has 8 nitrogen and oxygen atoms in total. The van der Waals surface area contributed by atoms with Gasteiger partial charge in [0.15, 0.2) is 18.1 Å². The van der Waals surface area contributed by atoms with Gasteiger partial charge in [-0.15, -0.1) is 0 Å². The lowest BCUT2D eigenvalue weighted by molar-refractivity contribution is -0.139. The monoisotopic (exact) mass is 364 g/mol. The molecule has 1 unspecified atom stereocenters. The maximum Gasteiger partial charge on any atom is 0.341 e. The predicted octanol–water partition coefficient (Wildman–Crippen LogP) is 1.15. The fourth-order valence-electron chi connectivity index (χ4n) is 2.91. The van der Waals surface area contributed by atoms with Crippen molar-refractivity contribution in [3.63, 3.8) is 0 Å². The van der Waals surface area contributed by atoms with E-state index < -0.39 is 18.6 Å². The number of benzene rings is 1. The topological polar surface area (TPSA) is 105 Å². The first-order chi connectivity index (χ1) is 12.3. The van der Waals surface area contributed by atoms with Gasteiger partial charge in [-0.1, -0.05) is 13.8 Å². The van der Waals surface area contributed by atoms with E-state index in [1.807, 2.05) is 13.8 Å². The van der Waals surface area contributed by atoms with E-state index in [0.29, 0.717) is 31.0 Å². The number of ether oxygens (including phenoxy) is 2. The molecule has 1 heterocycles. The van der Waals surface area contributed by atoms with Crippen molar-refractivity contribution in [3.05, 3.63) is 23.8 Å². The molecule has 2 N–H and O–H groups in total. The quantitative estimate of drug-likeness (QED) is 0.752. The van der Waals surface area contributed by atoms with Crippen molar-refractivity contribution in [1.82, 2.24) is 10.2 Å². The third-order valence-corrected chi connectivity index (χ3v) is 3.99. The second kappa shape index (κ2) is 8.55. The number of nitrogens with zero attached hydrogens (tertiary/aromatic N) is 1. The highest BCUT2D eigenvalue weighted by molar-refractivity contribution is 5.98. The molecule has 0 radical (unpaired) electrons. The third kappa shape index (κ3) is 4.44. The number of hydrogen-bond donors (Lipinski definition) is 2. The zero-order valence-electron chi connectivity index (χ0n) is 15.2. The summed E-state index contributed by atoms with van der Waals surface area (Å²) in [5.74, 6) is -1.02. The van der Waals surface area contributed by atoms with Crippen molar-refractivity contribution < 1.29 is 29.0 Å². The molecule has 1 aliphatic heterocycles. The van der Waals surface area contributed by atoms with Crippen LogP contribution in [0.2, 0.25) is 0 Å². The van der Waals surface area contributed by atoms with Gasteiger partial charge in [0, 0.05) is 18.7 Å². The van der Waals surface area contributed by atoms with Crippen molar-refractivity contribution in [2.75, 3.05) is 26.3 Å². The normalized spacial score (nSPS) is 17.0.